The molecule has 0 saturated heterocycles. The molecule has 1 aromatic carbocycles. The number of nitrogens with zero attached hydrogens (tertiary/aromatic N) is 2. The van der Waals surface area contributed by atoms with E-state index >= 15 is 0 Å². The fraction of sp³-hybridized carbons (Fsp3) is 0.533. The quantitative estimate of drug-likeness (QED) is 0.0742. The zero-order valence-electron chi connectivity index (χ0n) is 22.9. The van der Waals surface area contributed by atoms with Crippen molar-refractivity contribution in [1.29, 1.82) is 0 Å². The van der Waals surface area contributed by atoms with Crippen molar-refractivity contribution >= 4 is 83.6 Å². The van der Waals surface area contributed by atoms with Gasteiger partial charge in [-0.2, -0.15) is 0 Å². The van der Waals surface area contributed by atoms with Gasteiger partial charge in [0.25, 0.3) is 0 Å². The van der Waals surface area contributed by atoms with Crippen molar-refractivity contribution in [2.45, 2.75) is 90.9 Å². The molecule has 0 radical (unpaired) electrons. The monoisotopic (exact) mass is 808 g/mol. The number of rotatable bonds is 18. The first kappa shape index (κ1) is 31.5. The number of ether oxygens (including phenoxy) is 2. The molecule has 0 atom stereocenters. The summed E-state index contributed by atoms with van der Waals surface area (Å²) in [6.07, 6.45) is 14.8. The summed E-state index contributed by atoms with van der Waals surface area (Å²) in [4.78, 5) is 0. The van der Waals surface area contributed by atoms with Gasteiger partial charge in [0.05, 0.1) is 0 Å². The Hall–Kier alpha value is -0.401. The van der Waals surface area contributed by atoms with Crippen LogP contribution in [0.15, 0.2) is 31.0 Å². The van der Waals surface area contributed by atoms with Gasteiger partial charge in [-0.15, -0.1) is 0 Å². The molecule has 212 valence electrons. The number of aromatic nitrogens is 2. The maximum absolute atomic E-state index is 6.73. The van der Waals surface area contributed by atoms with Crippen LogP contribution in [0.2, 0.25) is 0 Å². The molecule has 0 unspecified atom stereocenters. The molecule has 9 heteroatoms. The van der Waals surface area contributed by atoms with Crippen molar-refractivity contribution in [1.82, 2.24) is 8.75 Å². The first-order chi connectivity index (χ1) is 19.1. The van der Waals surface area contributed by atoms with Crippen molar-refractivity contribution in [3.05, 3.63) is 31.0 Å². The first-order valence-corrected chi connectivity index (χ1v) is 20.0. The van der Waals surface area contributed by atoms with Crippen LogP contribution in [0, 0.1) is 0 Å². The Kier molecular flexibility index (Phi) is 13.7. The van der Waals surface area contributed by atoms with Crippen molar-refractivity contribution in [2.75, 3.05) is 13.2 Å². The third kappa shape index (κ3) is 8.80. The van der Waals surface area contributed by atoms with Gasteiger partial charge in [-0.1, -0.05) is 0 Å². The fourth-order valence-corrected chi connectivity index (χ4v) is 10.6. The van der Waals surface area contributed by atoms with Gasteiger partial charge in [-0.3, -0.25) is 0 Å². The second-order valence-electron chi connectivity index (χ2n) is 9.81. The van der Waals surface area contributed by atoms with Gasteiger partial charge < -0.3 is 0 Å². The first-order valence-electron chi connectivity index (χ1n) is 14.2. The van der Waals surface area contributed by atoms with Crippen molar-refractivity contribution in [2.24, 2.45) is 0 Å². The van der Waals surface area contributed by atoms with Crippen LogP contribution in [0.3, 0.4) is 0 Å². The molecule has 0 saturated carbocycles. The van der Waals surface area contributed by atoms with Crippen LogP contribution in [0.25, 0.3) is 31.0 Å². The molecule has 0 amide bonds. The molecule has 0 spiro atoms. The molecule has 0 fully saturated rings. The van der Waals surface area contributed by atoms with E-state index in [4.69, 9.17) is 18.2 Å². The molecule has 4 nitrogen and oxygen atoms in total. The average Bonchev–Trinajstić information content (AvgIpc) is 3.69. The Labute approximate surface area is 266 Å². The van der Waals surface area contributed by atoms with Gasteiger partial charge in [0, 0.05) is 0 Å². The van der Waals surface area contributed by atoms with Gasteiger partial charge in [-0.25, -0.2) is 0 Å². The zero-order chi connectivity index (χ0) is 27.5. The predicted molar refractivity (Wildman–Crippen MR) is 175 cm³/mol. The van der Waals surface area contributed by atoms with Crippen LogP contribution in [-0.2, 0) is 0 Å². The van der Waals surface area contributed by atoms with Crippen molar-refractivity contribution in [3.8, 4) is 31.5 Å². The summed E-state index contributed by atoms with van der Waals surface area (Å²) in [5.41, 5.74) is 4.05. The standard InChI is InChI=1S/C30H38Br2N2O2SSe2/c1-3-5-7-9-11-13-19-35-29-25(21-15-17-23(31)38-21)27-28(34-37-33-27)26(22-16-18-24(32)39-22)30(29)36-20-14-12-10-8-6-4-2/h15-18H,3-14,19-20H2,1-2H3. The van der Waals surface area contributed by atoms with Gasteiger partial charge >= 0.3 is 268 Å². The van der Waals surface area contributed by atoms with Gasteiger partial charge in [0.15, 0.2) is 0 Å². The summed E-state index contributed by atoms with van der Waals surface area (Å²) < 4.78 is 28.1. The molecule has 0 bridgehead atoms. The Bertz CT molecular complexity index is 1210. The second kappa shape index (κ2) is 16.9. The minimum atomic E-state index is 0.175. The number of benzene rings is 1. The van der Waals surface area contributed by atoms with E-state index in [0.29, 0.717) is 13.2 Å². The van der Waals surface area contributed by atoms with Crippen LogP contribution in [-0.4, -0.2) is 51.0 Å². The molecule has 0 aliphatic heterocycles. The molecular weight excluding hydrogens is 770 g/mol. The normalized spacial score (nSPS) is 11.5. The SMILES string of the molecule is CCCCCCCCOc1c(OCCCCCCCC)c(-c2ccc(Br)[se]2)c2nsnc2c1-c1ccc(Br)[se]1. The second-order valence-corrected chi connectivity index (χ2v) is 19.0. The Morgan fingerprint density at radius 2 is 1.03 bits per heavy atom. The third-order valence-corrected chi connectivity index (χ3v) is 13.2. The molecule has 4 rings (SSSR count). The van der Waals surface area contributed by atoms with Crippen molar-refractivity contribution < 1.29 is 9.47 Å². The number of hydrogen-bond acceptors (Lipinski definition) is 5. The molecule has 3 aromatic heterocycles. The third-order valence-electron chi connectivity index (χ3n) is 6.75. The van der Waals surface area contributed by atoms with E-state index in [1.54, 1.807) is 0 Å². The van der Waals surface area contributed by atoms with E-state index in [-0.39, 0.29) is 29.0 Å². The number of unbranched alkanes of at least 4 members (excludes halogenated alkanes) is 10. The summed E-state index contributed by atoms with van der Waals surface area (Å²) in [6.45, 7) is 5.91. The minimum absolute atomic E-state index is 0.175. The molecule has 39 heavy (non-hydrogen) atoms. The van der Waals surface area contributed by atoms with Crippen molar-refractivity contribution in [3.63, 3.8) is 0 Å². The Morgan fingerprint density at radius 1 is 0.615 bits per heavy atom. The van der Waals surface area contributed by atoms with Crippen LogP contribution < -0.4 is 9.47 Å². The summed E-state index contributed by atoms with van der Waals surface area (Å²) in [7, 11) is 0. The van der Waals surface area contributed by atoms with Crippen LogP contribution in [0.1, 0.15) is 90.9 Å². The Morgan fingerprint density at radius 3 is 1.41 bits per heavy atom. The molecule has 4 aromatic rings. The predicted octanol–water partition coefficient (Wildman–Crippen LogP) is 10.1. The summed E-state index contributed by atoms with van der Waals surface area (Å²) in [6, 6.07) is 8.74. The molecule has 0 aliphatic rings. The van der Waals surface area contributed by atoms with Crippen LogP contribution in [0.5, 0.6) is 11.5 Å². The topological polar surface area (TPSA) is 44.2 Å². The number of halogens is 2. The maximum atomic E-state index is 6.73. The average molecular weight is 808 g/mol. The van der Waals surface area contributed by atoms with E-state index in [0.717, 1.165) is 46.5 Å². The van der Waals surface area contributed by atoms with E-state index in [2.05, 4.69) is 70.0 Å². The molecule has 3 heterocycles. The number of fused-ring (bicyclic) bond motifs is 1. The summed E-state index contributed by atoms with van der Waals surface area (Å²) in [5.74, 6) is 1.74. The number of hydrogen-bond donors (Lipinski definition) is 0. The van der Waals surface area contributed by atoms with E-state index in [1.165, 1.54) is 91.5 Å². The fourth-order valence-electron chi connectivity index (χ4n) is 4.70. The zero-order valence-corrected chi connectivity index (χ0v) is 30.3. The van der Waals surface area contributed by atoms with Crippen LogP contribution in [0.4, 0.5) is 0 Å². The summed E-state index contributed by atoms with van der Waals surface area (Å²) in [5, 5.41) is 0. The molecule has 0 aliphatic carbocycles. The molecule has 0 N–H and O–H groups in total. The van der Waals surface area contributed by atoms with Gasteiger partial charge in [0.1, 0.15) is 0 Å². The summed E-state index contributed by atoms with van der Waals surface area (Å²) >= 11 is 9.10. The van der Waals surface area contributed by atoms with E-state index < -0.39 is 0 Å². The van der Waals surface area contributed by atoms with E-state index in [1.807, 2.05) is 0 Å². The van der Waals surface area contributed by atoms with Crippen LogP contribution >= 0.6 is 43.6 Å². The molecular formula is C30H38Br2N2O2SSe2. The van der Waals surface area contributed by atoms with Gasteiger partial charge in [-0.05, 0) is 0 Å². The van der Waals surface area contributed by atoms with Gasteiger partial charge in [0.2, 0.25) is 0 Å². The Balaban J connectivity index is 1.70. The van der Waals surface area contributed by atoms with E-state index in [9.17, 15) is 0 Å².